The molecular weight excluding hydrogens is 296 g/mol. The SMILES string of the molecule is C=CCCC(NC(=O)CN1C(=O)CCc2ccccc21)C(=O)O. The third-order valence-corrected chi connectivity index (χ3v) is 3.79. The summed E-state index contributed by atoms with van der Waals surface area (Å²) in [5.74, 6) is -1.70. The van der Waals surface area contributed by atoms with Crippen LogP contribution in [0.1, 0.15) is 24.8 Å². The third kappa shape index (κ3) is 4.18. The van der Waals surface area contributed by atoms with E-state index in [-0.39, 0.29) is 18.9 Å². The van der Waals surface area contributed by atoms with Gasteiger partial charge in [-0.15, -0.1) is 6.58 Å². The van der Waals surface area contributed by atoms with E-state index in [1.54, 1.807) is 12.1 Å². The van der Waals surface area contributed by atoms with Crippen molar-refractivity contribution < 1.29 is 19.5 Å². The molecule has 1 aliphatic heterocycles. The van der Waals surface area contributed by atoms with E-state index >= 15 is 0 Å². The first kappa shape index (κ1) is 16.7. The van der Waals surface area contributed by atoms with Gasteiger partial charge in [-0.2, -0.15) is 0 Å². The summed E-state index contributed by atoms with van der Waals surface area (Å²) in [4.78, 5) is 36.8. The highest BCUT2D eigenvalue weighted by Crippen LogP contribution is 2.27. The fraction of sp³-hybridized carbons (Fsp3) is 0.353. The molecule has 0 radical (unpaired) electrons. The first-order valence-electron chi connectivity index (χ1n) is 7.54. The van der Waals surface area contributed by atoms with Crippen LogP contribution in [0.4, 0.5) is 5.69 Å². The lowest BCUT2D eigenvalue weighted by Gasteiger charge is -2.29. The van der Waals surface area contributed by atoms with Gasteiger partial charge in [-0.3, -0.25) is 9.59 Å². The molecule has 2 rings (SSSR count). The number of benzene rings is 1. The molecule has 1 aromatic carbocycles. The Morgan fingerprint density at radius 1 is 1.35 bits per heavy atom. The minimum Gasteiger partial charge on any atom is -0.480 e. The van der Waals surface area contributed by atoms with Crippen molar-refractivity contribution in [2.75, 3.05) is 11.4 Å². The number of aryl methyl sites for hydroxylation is 1. The van der Waals surface area contributed by atoms with Gasteiger partial charge in [0, 0.05) is 12.1 Å². The number of aliphatic carboxylic acids is 1. The van der Waals surface area contributed by atoms with Crippen molar-refractivity contribution in [2.24, 2.45) is 0 Å². The number of nitrogens with zero attached hydrogens (tertiary/aromatic N) is 1. The molecule has 2 amide bonds. The Morgan fingerprint density at radius 3 is 2.78 bits per heavy atom. The summed E-state index contributed by atoms with van der Waals surface area (Å²) in [6.45, 7) is 3.37. The number of carboxylic acid groups (broad SMARTS) is 1. The fourth-order valence-electron chi connectivity index (χ4n) is 2.60. The molecule has 0 saturated heterocycles. The fourth-order valence-corrected chi connectivity index (χ4v) is 2.60. The summed E-state index contributed by atoms with van der Waals surface area (Å²) in [6.07, 6.45) is 3.37. The highest BCUT2D eigenvalue weighted by Gasteiger charge is 2.27. The first-order valence-corrected chi connectivity index (χ1v) is 7.54. The quantitative estimate of drug-likeness (QED) is 0.746. The molecule has 0 spiro atoms. The predicted molar refractivity (Wildman–Crippen MR) is 86.1 cm³/mol. The molecule has 1 heterocycles. The van der Waals surface area contributed by atoms with E-state index in [4.69, 9.17) is 5.11 Å². The van der Waals surface area contributed by atoms with Gasteiger partial charge in [-0.25, -0.2) is 4.79 Å². The minimum absolute atomic E-state index is 0.128. The van der Waals surface area contributed by atoms with Crippen molar-refractivity contribution in [2.45, 2.75) is 31.7 Å². The third-order valence-electron chi connectivity index (χ3n) is 3.79. The van der Waals surface area contributed by atoms with Crippen LogP contribution in [0.5, 0.6) is 0 Å². The zero-order chi connectivity index (χ0) is 16.8. The number of amides is 2. The second-order valence-electron chi connectivity index (χ2n) is 5.43. The molecule has 0 aromatic heterocycles. The van der Waals surface area contributed by atoms with E-state index in [1.165, 1.54) is 4.90 Å². The van der Waals surface area contributed by atoms with Crippen molar-refractivity contribution in [1.82, 2.24) is 5.32 Å². The number of hydrogen-bond acceptors (Lipinski definition) is 3. The molecule has 1 aromatic rings. The van der Waals surface area contributed by atoms with Crippen LogP contribution in [0.15, 0.2) is 36.9 Å². The van der Waals surface area contributed by atoms with E-state index in [0.29, 0.717) is 19.3 Å². The van der Waals surface area contributed by atoms with Gasteiger partial charge in [0.1, 0.15) is 12.6 Å². The normalized spacial score (nSPS) is 14.8. The highest BCUT2D eigenvalue weighted by atomic mass is 16.4. The van der Waals surface area contributed by atoms with Crippen LogP contribution in [0.2, 0.25) is 0 Å². The maximum absolute atomic E-state index is 12.2. The Kier molecular flexibility index (Phi) is 5.51. The van der Waals surface area contributed by atoms with Crippen molar-refractivity contribution >= 4 is 23.5 Å². The lowest BCUT2D eigenvalue weighted by molar-refractivity contribution is -0.141. The van der Waals surface area contributed by atoms with E-state index in [1.807, 2.05) is 18.2 Å². The largest absolute Gasteiger partial charge is 0.480 e. The van der Waals surface area contributed by atoms with E-state index in [9.17, 15) is 14.4 Å². The van der Waals surface area contributed by atoms with Crippen LogP contribution in [0, 0.1) is 0 Å². The average molecular weight is 316 g/mol. The lowest BCUT2D eigenvalue weighted by atomic mass is 10.0. The second kappa shape index (κ2) is 7.58. The summed E-state index contributed by atoms with van der Waals surface area (Å²) in [5, 5.41) is 11.6. The van der Waals surface area contributed by atoms with E-state index < -0.39 is 17.9 Å². The van der Waals surface area contributed by atoms with Crippen molar-refractivity contribution in [1.29, 1.82) is 0 Å². The number of hydrogen-bond donors (Lipinski definition) is 2. The van der Waals surface area contributed by atoms with Crippen molar-refractivity contribution in [3.8, 4) is 0 Å². The van der Waals surface area contributed by atoms with Crippen molar-refractivity contribution in [3.05, 3.63) is 42.5 Å². The molecule has 2 N–H and O–H groups in total. The first-order chi connectivity index (χ1) is 11.0. The molecule has 23 heavy (non-hydrogen) atoms. The van der Waals surface area contributed by atoms with E-state index in [0.717, 1.165) is 11.3 Å². The number of carbonyl (C=O) groups excluding carboxylic acids is 2. The van der Waals surface area contributed by atoms with Crippen LogP contribution in [0.25, 0.3) is 0 Å². The molecule has 1 aliphatic rings. The summed E-state index contributed by atoms with van der Waals surface area (Å²) in [6, 6.07) is 6.45. The van der Waals surface area contributed by atoms with Crippen LogP contribution in [-0.4, -0.2) is 35.5 Å². The van der Waals surface area contributed by atoms with Gasteiger partial charge in [0.25, 0.3) is 0 Å². The molecular formula is C17H20N2O4. The number of fused-ring (bicyclic) bond motifs is 1. The topological polar surface area (TPSA) is 86.7 Å². The number of carbonyl (C=O) groups is 3. The van der Waals surface area contributed by atoms with Crippen molar-refractivity contribution in [3.63, 3.8) is 0 Å². The molecule has 0 aliphatic carbocycles. The maximum Gasteiger partial charge on any atom is 0.326 e. The summed E-state index contributed by atoms with van der Waals surface area (Å²) < 4.78 is 0. The second-order valence-corrected chi connectivity index (χ2v) is 5.43. The molecule has 6 heteroatoms. The number of anilines is 1. The monoisotopic (exact) mass is 316 g/mol. The number of rotatable bonds is 7. The number of allylic oxidation sites excluding steroid dienone is 1. The maximum atomic E-state index is 12.2. The summed E-state index contributed by atoms with van der Waals surface area (Å²) in [7, 11) is 0. The van der Waals surface area contributed by atoms with Gasteiger partial charge < -0.3 is 15.3 Å². The highest BCUT2D eigenvalue weighted by molar-refractivity contribution is 6.01. The molecule has 6 nitrogen and oxygen atoms in total. The average Bonchev–Trinajstić information content (AvgIpc) is 2.54. The standard InChI is InChI=1S/C17H20N2O4/c1-2-3-7-13(17(22)23)18-15(20)11-19-14-8-5-4-6-12(14)9-10-16(19)21/h2,4-6,8,13H,1,3,7,9-11H2,(H,18,20)(H,22,23). The lowest BCUT2D eigenvalue weighted by Crippen LogP contribution is -2.48. The number of para-hydroxylation sites is 1. The zero-order valence-electron chi connectivity index (χ0n) is 12.8. The number of carboxylic acids is 1. The van der Waals surface area contributed by atoms with Gasteiger partial charge in [-0.05, 0) is 30.9 Å². The van der Waals surface area contributed by atoms with Crippen LogP contribution in [-0.2, 0) is 20.8 Å². The Morgan fingerprint density at radius 2 is 2.09 bits per heavy atom. The molecule has 122 valence electrons. The minimum atomic E-state index is -1.09. The Labute approximate surface area is 134 Å². The Balaban J connectivity index is 2.06. The zero-order valence-corrected chi connectivity index (χ0v) is 12.8. The molecule has 0 fully saturated rings. The molecule has 1 unspecified atom stereocenters. The number of nitrogens with one attached hydrogen (secondary N) is 1. The Bertz CT molecular complexity index is 627. The van der Waals surface area contributed by atoms with Gasteiger partial charge in [0.15, 0.2) is 0 Å². The smallest absolute Gasteiger partial charge is 0.326 e. The van der Waals surface area contributed by atoms with Crippen LogP contribution < -0.4 is 10.2 Å². The van der Waals surface area contributed by atoms with Gasteiger partial charge >= 0.3 is 5.97 Å². The summed E-state index contributed by atoms with van der Waals surface area (Å²) in [5.41, 5.74) is 1.73. The molecule has 1 atom stereocenters. The van der Waals surface area contributed by atoms with Crippen LogP contribution in [0.3, 0.4) is 0 Å². The van der Waals surface area contributed by atoms with Crippen LogP contribution >= 0.6 is 0 Å². The predicted octanol–water partition coefficient (Wildman–Crippen LogP) is 1.50. The Hall–Kier alpha value is -2.63. The summed E-state index contributed by atoms with van der Waals surface area (Å²) >= 11 is 0. The van der Waals surface area contributed by atoms with E-state index in [2.05, 4.69) is 11.9 Å². The van der Waals surface area contributed by atoms with Gasteiger partial charge in [-0.1, -0.05) is 24.3 Å². The molecule has 0 bridgehead atoms. The van der Waals surface area contributed by atoms with Gasteiger partial charge in [0.2, 0.25) is 11.8 Å². The molecule has 0 saturated carbocycles. The van der Waals surface area contributed by atoms with Gasteiger partial charge in [0.05, 0.1) is 0 Å².